The molecule has 4 heteroatoms. The number of rotatable bonds is 1. The first-order valence-electron chi connectivity index (χ1n) is 7.56. The van der Waals surface area contributed by atoms with E-state index >= 15 is 0 Å². The molecule has 3 rings (SSSR count). The average molecular weight is 309 g/mol. The molecule has 0 spiro atoms. The summed E-state index contributed by atoms with van der Waals surface area (Å²) in [5.41, 5.74) is 2.64. The number of hydrogen-bond donors (Lipinski definition) is 2. The van der Waals surface area contributed by atoms with Crippen molar-refractivity contribution in [1.29, 1.82) is 0 Å². The van der Waals surface area contributed by atoms with Crippen molar-refractivity contribution in [2.24, 2.45) is 0 Å². The predicted molar refractivity (Wildman–Crippen MR) is 88.4 cm³/mol. The van der Waals surface area contributed by atoms with Gasteiger partial charge in [0.25, 0.3) is 5.91 Å². The number of aliphatic hydroxyl groups excluding tert-OH is 1. The fraction of sp³-hybridized carbons (Fsp3) is 0.263. The second kappa shape index (κ2) is 5.32. The maximum atomic E-state index is 12.5. The van der Waals surface area contributed by atoms with Crippen LogP contribution in [0.2, 0.25) is 0 Å². The van der Waals surface area contributed by atoms with Crippen LogP contribution in [0, 0.1) is 0 Å². The Labute approximate surface area is 135 Å². The zero-order valence-electron chi connectivity index (χ0n) is 13.4. The van der Waals surface area contributed by atoms with Gasteiger partial charge in [-0.1, -0.05) is 30.3 Å². The lowest BCUT2D eigenvalue weighted by atomic mass is 9.82. The van der Waals surface area contributed by atoms with Crippen molar-refractivity contribution in [3.05, 3.63) is 59.2 Å². The fourth-order valence-electron chi connectivity index (χ4n) is 2.81. The molecule has 1 amide bonds. The number of Topliss-reactive ketones (excluding diaryl/α,β-unsaturated/α-hetero) is 1. The second-order valence-corrected chi connectivity index (χ2v) is 6.82. The molecule has 1 atom stereocenters. The molecular formula is C19H19NO3. The molecule has 0 aromatic heterocycles. The number of nitrogens with one attached hydrogen (secondary N) is 1. The number of hydrogen-bond acceptors (Lipinski definition) is 3. The molecule has 118 valence electrons. The first-order valence-corrected chi connectivity index (χ1v) is 7.56. The van der Waals surface area contributed by atoms with Gasteiger partial charge >= 0.3 is 0 Å². The van der Waals surface area contributed by atoms with E-state index < -0.39 is 6.10 Å². The largest absolute Gasteiger partial charge is 0.380 e. The average Bonchev–Trinajstić information content (AvgIpc) is 2.50. The van der Waals surface area contributed by atoms with E-state index in [1.165, 1.54) is 0 Å². The van der Waals surface area contributed by atoms with Gasteiger partial charge in [0, 0.05) is 16.7 Å². The van der Waals surface area contributed by atoms with Crippen molar-refractivity contribution in [1.82, 2.24) is 5.32 Å². The molecule has 0 fully saturated rings. The number of benzene rings is 2. The maximum Gasteiger partial charge on any atom is 0.251 e. The van der Waals surface area contributed by atoms with Crippen LogP contribution >= 0.6 is 0 Å². The molecule has 0 aliphatic heterocycles. The molecular weight excluding hydrogens is 290 g/mol. The van der Waals surface area contributed by atoms with Gasteiger partial charge in [-0.05, 0) is 49.6 Å². The maximum absolute atomic E-state index is 12.5. The SMILES string of the molecule is CC(C)(C)NC(=O)c1ccc2c(c1)C(=O)C(O)c1ccccc1-2. The van der Waals surface area contributed by atoms with E-state index in [1.807, 2.05) is 32.9 Å². The van der Waals surface area contributed by atoms with Gasteiger partial charge in [-0.15, -0.1) is 0 Å². The van der Waals surface area contributed by atoms with E-state index in [-0.39, 0.29) is 17.2 Å². The van der Waals surface area contributed by atoms with Crippen LogP contribution in [0.15, 0.2) is 42.5 Å². The van der Waals surface area contributed by atoms with Crippen molar-refractivity contribution >= 4 is 11.7 Å². The Bertz CT molecular complexity index is 803. The summed E-state index contributed by atoms with van der Waals surface area (Å²) in [4.78, 5) is 24.8. The highest BCUT2D eigenvalue weighted by Gasteiger charge is 2.31. The summed E-state index contributed by atoms with van der Waals surface area (Å²) >= 11 is 0. The second-order valence-electron chi connectivity index (χ2n) is 6.82. The molecule has 1 aliphatic carbocycles. The minimum atomic E-state index is -1.18. The van der Waals surface area contributed by atoms with Crippen molar-refractivity contribution < 1.29 is 14.7 Å². The highest BCUT2D eigenvalue weighted by atomic mass is 16.3. The Morgan fingerprint density at radius 1 is 1.04 bits per heavy atom. The van der Waals surface area contributed by atoms with E-state index in [9.17, 15) is 14.7 Å². The lowest BCUT2D eigenvalue weighted by Crippen LogP contribution is -2.40. The Morgan fingerprint density at radius 3 is 2.43 bits per heavy atom. The van der Waals surface area contributed by atoms with E-state index in [4.69, 9.17) is 0 Å². The van der Waals surface area contributed by atoms with Gasteiger partial charge in [0.15, 0.2) is 5.78 Å². The lowest BCUT2D eigenvalue weighted by molar-refractivity contribution is 0.0744. The highest BCUT2D eigenvalue weighted by Crippen LogP contribution is 2.38. The third kappa shape index (κ3) is 2.78. The normalized spacial score (nSPS) is 16.5. The summed E-state index contributed by atoms with van der Waals surface area (Å²) in [5, 5.41) is 13.1. The van der Waals surface area contributed by atoms with E-state index in [2.05, 4.69) is 5.32 Å². The zero-order valence-corrected chi connectivity index (χ0v) is 13.4. The Morgan fingerprint density at radius 2 is 1.74 bits per heavy atom. The summed E-state index contributed by atoms with van der Waals surface area (Å²) in [7, 11) is 0. The third-order valence-electron chi connectivity index (χ3n) is 3.83. The Balaban J connectivity index is 2.08. The van der Waals surface area contributed by atoms with Gasteiger partial charge in [-0.2, -0.15) is 0 Å². The predicted octanol–water partition coefficient (Wildman–Crippen LogP) is 3.11. The van der Waals surface area contributed by atoms with Crippen molar-refractivity contribution in [2.45, 2.75) is 32.4 Å². The topological polar surface area (TPSA) is 66.4 Å². The number of amides is 1. The summed E-state index contributed by atoms with van der Waals surface area (Å²) in [5.74, 6) is -0.606. The van der Waals surface area contributed by atoms with Gasteiger partial charge < -0.3 is 10.4 Å². The number of aliphatic hydroxyl groups is 1. The number of ketones is 1. The molecule has 0 bridgehead atoms. The van der Waals surface area contributed by atoms with Crippen LogP contribution in [0.25, 0.3) is 11.1 Å². The van der Waals surface area contributed by atoms with E-state index in [1.54, 1.807) is 30.3 Å². The molecule has 23 heavy (non-hydrogen) atoms. The summed E-state index contributed by atoms with van der Waals surface area (Å²) in [6, 6.07) is 12.3. The van der Waals surface area contributed by atoms with Crippen LogP contribution in [-0.2, 0) is 0 Å². The molecule has 2 N–H and O–H groups in total. The molecule has 2 aromatic carbocycles. The highest BCUT2D eigenvalue weighted by molar-refractivity contribution is 6.11. The Kier molecular flexibility index (Phi) is 3.57. The molecule has 0 radical (unpaired) electrons. The molecule has 0 saturated carbocycles. The number of fused-ring (bicyclic) bond motifs is 3. The van der Waals surface area contributed by atoms with E-state index in [0.29, 0.717) is 16.7 Å². The molecule has 0 heterocycles. The monoisotopic (exact) mass is 309 g/mol. The van der Waals surface area contributed by atoms with Crippen LogP contribution in [0.4, 0.5) is 0 Å². The van der Waals surface area contributed by atoms with Crippen molar-refractivity contribution in [3.63, 3.8) is 0 Å². The van der Waals surface area contributed by atoms with Gasteiger partial charge in [-0.25, -0.2) is 0 Å². The minimum absolute atomic E-state index is 0.235. The van der Waals surface area contributed by atoms with Crippen molar-refractivity contribution in [3.8, 4) is 11.1 Å². The zero-order chi connectivity index (χ0) is 16.8. The molecule has 2 aromatic rings. The van der Waals surface area contributed by atoms with Gasteiger partial charge in [0.2, 0.25) is 0 Å². The molecule has 0 saturated heterocycles. The number of carbonyl (C=O) groups is 2. The molecule has 1 unspecified atom stereocenters. The first kappa shape index (κ1) is 15.4. The van der Waals surface area contributed by atoms with Gasteiger partial charge in [0.05, 0.1) is 0 Å². The summed E-state index contributed by atoms with van der Waals surface area (Å²) in [6.45, 7) is 5.69. The smallest absolute Gasteiger partial charge is 0.251 e. The Hall–Kier alpha value is -2.46. The van der Waals surface area contributed by atoms with Crippen LogP contribution in [0.3, 0.4) is 0 Å². The van der Waals surface area contributed by atoms with Gasteiger partial charge in [-0.3, -0.25) is 9.59 Å². The van der Waals surface area contributed by atoms with Crippen LogP contribution in [0.1, 0.15) is 53.2 Å². The fourth-order valence-corrected chi connectivity index (χ4v) is 2.81. The van der Waals surface area contributed by atoms with Crippen molar-refractivity contribution in [2.75, 3.05) is 0 Å². The van der Waals surface area contributed by atoms with Crippen LogP contribution < -0.4 is 5.32 Å². The third-order valence-corrected chi connectivity index (χ3v) is 3.83. The minimum Gasteiger partial charge on any atom is -0.380 e. The lowest BCUT2D eigenvalue weighted by Gasteiger charge is -2.24. The van der Waals surface area contributed by atoms with E-state index in [0.717, 1.165) is 11.1 Å². The molecule has 4 nitrogen and oxygen atoms in total. The summed E-state index contributed by atoms with van der Waals surface area (Å²) in [6.07, 6.45) is -1.18. The quantitative estimate of drug-likeness (QED) is 0.850. The standard InChI is InChI=1S/C19H19NO3/c1-19(2,3)20-18(23)11-8-9-13-12-6-4-5-7-14(12)16(21)17(22)15(13)10-11/h4-10,16,21H,1-3H3,(H,20,23). The first-order chi connectivity index (χ1) is 10.8. The summed E-state index contributed by atoms with van der Waals surface area (Å²) < 4.78 is 0. The number of carbonyl (C=O) groups excluding carboxylic acids is 2. The molecule has 1 aliphatic rings. The van der Waals surface area contributed by atoms with Crippen LogP contribution in [0.5, 0.6) is 0 Å². The van der Waals surface area contributed by atoms with Gasteiger partial charge in [0.1, 0.15) is 6.10 Å². The van der Waals surface area contributed by atoms with Crippen LogP contribution in [-0.4, -0.2) is 22.3 Å².